The van der Waals surface area contributed by atoms with E-state index in [0.717, 1.165) is 12.0 Å². The second-order valence-electron chi connectivity index (χ2n) is 7.46. The highest BCUT2D eigenvalue weighted by Gasteiger charge is 2.52. The fourth-order valence-corrected chi connectivity index (χ4v) is 4.78. The summed E-state index contributed by atoms with van der Waals surface area (Å²) in [5.41, 5.74) is 6.10. The molecule has 7 nitrogen and oxygen atoms in total. The molecule has 3 rings (SSSR count). The Kier molecular flexibility index (Phi) is 5.58. The van der Waals surface area contributed by atoms with Crippen molar-refractivity contribution in [1.82, 2.24) is 4.90 Å². The molecule has 0 spiro atoms. The zero-order chi connectivity index (χ0) is 18.7. The lowest BCUT2D eigenvalue weighted by Gasteiger charge is -2.41. The first kappa shape index (κ1) is 18.8. The van der Waals surface area contributed by atoms with E-state index in [9.17, 15) is 14.9 Å². The number of nitrogens with zero attached hydrogens (tertiary/aromatic N) is 2. The summed E-state index contributed by atoms with van der Waals surface area (Å²) >= 11 is 0. The van der Waals surface area contributed by atoms with Gasteiger partial charge >= 0.3 is 0 Å². The van der Waals surface area contributed by atoms with Crippen molar-refractivity contribution in [2.24, 2.45) is 11.7 Å². The van der Waals surface area contributed by atoms with Crippen LogP contribution >= 0.6 is 0 Å². The van der Waals surface area contributed by atoms with Gasteiger partial charge in [0, 0.05) is 24.9 Å². The lowest BCUT2D eigenvalue weighted by Crippen LogP contribution is -2.59. The average Bonchev–Trinajstić information content (AvgIpc) is 3.10. The summed E-state index contributed by atoms with van der Waals surface area (Å²) in [4.78, 5) is 25.9. The molecule has 0 aromatic heterocycles. The maximum absolute atomic E-state index is 12.4. The van der Waals surface area contributed by atoms with Crippen LogP contribution in [-0.4, -0.2) is 53.6 Å². The van der Waals surface area contributed by atoms with Crippen LogP contribution in [0.25, 0.3) is 0 Å². The van der Waals surface area contributed by atoms with Crippen LogP contribution in [0.15, 0.2) is 30.3 Å². The quantitative estimate of drug-likeness (QED) is 0.615. The standard InChI is InChI=1S/C19H27N3O4/c1-14(22(24)25)17(15-5-3-2-4-6-15)16-7-8-19(13-16,18(20)23)21-9-11-26-12-10-21/h2-6,14,16-17H,7-13H2,1H3,(H2,20,23)/t14-,16+,17-,19+/m0/s1. The van der Waals surface area contributed by atoms with Crippen molar-refractivity contribution in [3.05, 3.63) is 46.0 Å². The number of carbonyl (C=O) groups excluding carboxylic acids is 1. The van der Waals surface area contributed by atoms with E-state index in [4.69, 9.17) is 10.5 Å². The van der Waals surface area contributed by atoms with E-state index < -0.39 is 11.6 Å². The molecule has 4 atom stereocenters. The molecule has 1 amide bonds. The van der Waals surface area contributed by atoms with Crippen molar-refractivity contribution >= 4 is 5.91 Å². The predicted octanol–water partition coefficient (Wildman–Crippen LogP) is 1.79. The molecule has 26 heavy (non-hydrogen) atoms. The number of morpholine rings is 1. The first-order valence-electron chi connectivity index (χ1n) is 9.27. The van der Waals surface area contributed by atoms with Gasteiger partial charge in [0.15, 0.2) is 0 Å². The van der Waals surface area contributed by atoms with Crippen LogP contribution in [0.4, 0.5) is 0 Å². The largest absolute Gasteiger partial charge is 0.379 e. The van der Waals surface area contributed by atoms with Gasteiger partial charge in [0.2, 0.25) is 11.9 Å². The zero-order valence-corrected chi connectivity index (χ0v) is 15.2. The molecule has 1 aromatic carbocycles. The average molecular weight is 361 g/mol. The van der Waals surface area contributed by atoms with Crippen LogP contribution in [-0.2, 0) is 9.53 Å². The Morgan fingerprint density at radius 3 is 2.58 bits per heavy atom. The third-order valence-corrected chi connectivity index (χ3v) is 6.15. The molecule has 0 radical (unpaired) electrons. The molecule has 7 heteroatoms. The van der Waals surface area contributed by atoms with Crippen LogP contribution in [0.2, 0.25) is 0 Å². The van der Waals surface area contributed by atoms with Crippen molar-refractivity contribution in [3.63, 3.8) is 0 Å². The Bertz CT molecular complexity index is 647. The second kappa shape index (κ2) is 7.72. The van der Waals surface area contributed by atoms with Crippen molar-refractivity contribution in [2.45, 2.75) is 43.7 Å². The summed E-state index contributed by atoms with van der Waals surface area (Å²) in [6, 6.07) is 8.91. The van der Waals surface area contributed by atoms with E-state index in [-0.39, 0.29) is 22.7 Å². The number of nitrogens with two attached hydrogens (primary N) is 1. The van der Waals surface area contributed by atoms with Crippen LogP contribution in [0.1, 0.15) is 37.7 Å². The fraction of sp³-hybridized carbons (Fsp3) is 0.632. The molecular formula is C19H27N3O4. The highest BCUT2D eigenvalue weighted by molar-refractivity contribution is 5.85. The fourth-order valence-electron chi connectivity index (χ4n) is 4.78. The topological polar surface area (TPSA) is 98.7 Å². The second-order valence-corrected chi connectivity index (χ2v) is 7.46. The van der Waals surface area contributed by atoms with Gasteiger partial charge in [0.05, 0.1) is 19.1 Å². The molecule has 2 aliphatic rings. The Morgan fingerprint density at radius 2 is 2.00 bits per heavy atom. The van der Waals surface area contributed by atoms with Crippen LogP contribution in [0.5, 0.6) is 0 Å². The molecule has 1 aromatic rings. The van der Waals surface area contributed by atoms with Gasteiger partial charge in [-0.3, -0.25) is 19.8 Å². The zero-order valence-electron chi connectivity index (χ0n) is 15.2. The molecule has 1 aliphatic carbocycles. The first-order valence-corrected chi connectivity index (χ1v) is 9.27. The number of amides is 1. The molecule has 1 saturated heterocycles. The molecule has 1 aliphatic heterocycles. The van der Waals surface area contributed by atoms with E-state index in [2.05, 4.69) is 4.90 Å². The molecule has 0 bridgehead atoms. The van der Waals surface area contributed by atoms with E-state index >= 15 is 0 Å². The number of primary amides is 1. The maximum Gasteiger partial charge on any atom is 0.237 e. The number of ether oxygens (including phenoxy) is 1. The third kappa shape index (κ3) is 3.46. The Hall–Kier alpha value is -1.99. The molecule has 142 valence electrons. The van der Waals surface area contributed by atoms with E-state index in [0.29, 0.717) is 39.1 Å². The predicted molar refractivity (Wildman–Crippen MR) is 97.3 cm³/mol. The van der Waals surface area contributed by atoms with Gasteiger partial charge in [0.1, 0.15) is 5.54 Å². The highest BCUT2D eigenvalue weighted by Crippen LogP contribution is 2.47. The maximum atomic E-state index is 12.4. The molecule has 0 unspecified atom stereocenters. The van der Waals surface area contributed by atoms with Crippen LogP contribution < -0.4 is 5.73 Å². The van der Waals surface area contributed by atoms with Gasteiger partial charge in [-0.25, -0.2) is 0 Å². The minimum absolute atomic E-state index is 0.0492. The van der Waals surface area contributed by atoms with Gasteiger partial charge in [-0.15, -0.1) is 0 Å². The van der Waals surface area contributed by atoms with Crippen molar-refractivity contribution < 1.29 is 14.5 Å². The van der Waals surface area contributed by atoms with Crippen LogP contribution in [0.3, 0.4) is 0 Å². The monoisotopic (exact) mass is 361 g/mol. The Balaban J connectivity index is 1.89. The number of carbonyl (C=O) groups is 1. The number of hydrogen-bond donors (Lipinski definition) is 1. The third-order valence-electron chi connectivity index (χ3n) is 6.15. The first-order chi connectivity index (χ1) is 12.5. The number of nitro groups is 1. The molecule has 1 saturated carbocycles. The Labute approximate surface area is 153 Å². The van der Waals surface area contributed by atoms with Gasteiger partial charge in [-0.05, 0) is 30.7 Å². The number of benzene rings is 1. The van der Waals surface area contributed by atoms with E-state index in [1.54, 1.807) is 6.92 Å². The van der Waals surface area contributed by atoms with Gasteiger partial charge in [-0.1, -0.05) is 30.3 Å². The summed E-state index contributed by atoms with van der Waals surface area (Å²) in [6.07, 6.45) is 1.99. The summed E-state index contributed by atoms with van der Waals surface area (Å²) in [5, 5.41) is 11.6. The SMILES string of the molecule is C[C@@H]([C@@H](c1ccccc1)[C@@H]1CC[C@@](C(N)=O)(N2CCOCC2)C1)[N+](=O)[O-]. The summed E-state index contributed by atoms with van der Waals surface area (Å²) in [5.74, 6) is -0.496. The number of rotatable bonds is 6. The van der Waals surface area contributed by atoms with Gasteiger partial charge < -0.3 is 10.5 Å². The van der Waals surface area contributed by atoms with Gasteiger partial charge in [-0.2, -0.15) is 0 Å². The number of hydrogen-bond acceptors (Lipinski definition) is 5. The lowest BCUT2D eigenvalue weighted by molar-refractivity contribution is -0.524. The molecule has 2 fully saturated rings. The van der Waals surface area contributed by atoms with Crippen molar-refractivity contribution in [3.8, 4) is 0 Å². The van der Waals surface area contributed by atoms with Crippen molar-refractivity contribution in [2.75, 3.05) is 26.3 Å². The minimum atomic E-state index is -0.712. The summed E-state index contributed by atoms with van der Waals surface area (Å²) in [7, 11) is 0. The minimum Gasteiger partial charge on any atom is -0.379 e. The smallest absolute Gasteiger partial charge is 0.237 e. The Morgan fingerprint density at radius 1 is 1.35 bits per heavy atom. The van der Waals surface area contributed by atoms with Crippen molar-refractivity contribution in [1.29, 1.82) is 0 Å². The molecular weight excluding hydrogens is 334 g/mol. The summed E-state index contributed by atoms with van der Waals surface area (Å²) < 4.78 is 5.41. The highest BCUT2D eigenvalue weighted by atomic mass is 16.6. The van der Waals surface area contributed by atoms with Crippen LogP contribution in [0, 0.1) is 16.0 Å². The lowest BCUT2D eigenvalue weighted by atomic mass is 9.79. The summed E-state index contributed by atoms with van der Waals surface area (Å²) in [6.45, 7) is 4.20. The van der Waals surface area contributed by atoms with E-state index in [1.165, 1.54) is 0 Å². The van der Waals surface area contributed by atoms with Gasteiger partial charge in [0.25, 0.3) is 0 Å². The molecule has 1 heterocycles. The normalized spacial score (nSPS) is 29.2. The molecule has 2 N–H and O–H groups in total. The van der Waals surface area contributed by atoms with E-state index in [1.807, 2.05) is 30.3 Å².